The Morgan fingerprint density at radius 3 is 1.48 bits per heavy atom. The van der Waals surface area contributed by atoms with Crippen LogP contribution in [-0.2, 0) is 59.2 Å². The van der Waals surface area contributed by atoms with Gasteiger partial charge in [-0.3, -0.25) is 18.2 Å². The van der Waals surface area contributed by atoms with Crippen molar-refractivity contribution in [3.8, 4) is 11.5 Å². The van der Waals surface area contributed by atoms with Crippen LogP contribution in [0.15, 0.2) is 123 Å². The van der Waals surface area contributed by atoms with Crippen molar-refractivity contribution in [3.05, 3.63) is 83.9 Å². The van der Waals surface area contributed by atoms with Crippen molar-refractivity contribution in [1.29, 1.82) is 0 Å². The van der Waals surface area contributed by atoms with E-state index < -0.39 is 82.9 Å². The molecular formula is C34H26N6O20S6. The number of phenolic OH excluding ortho intramolecular Hbond substituents is 2. The Kier molecular flexibility index (Phi) is 14.3. The zero-order chi connectivity index (χ0) is 48.5. The van der Waals surface area contributed by atoms with E-state index in [9.17, 15) is 62.1 Å². The Hall–Kier alpha value is -5.92. The Morgan fingerprint density at radius 2 is 0.985 bits per heavy atom. The highest BCUT2D eigenvalue weighted by Gasteiger charge is 2.25. The van der Waals surface area contributed by atoms with Crippen molar-refractivity contribution in [1.82, 2.24) is 0 Å². The van der Waals surface area contributed by atoms with Crippen LogP contribution in [0.2, 0.25) is 0 Å². The molecule has 0 radical (unpaired) electrons. The van der Waals surface area contributed by atoms with Crippen LogP contribution in [0, 0.1) is 0 Å². The molecule has 0 spiro atoms. The number of nitrogens with two attached hydrogens (primary N) is 2. The topological polar surface area (TPSA) is 437 Å². The first-order valence-electron chi connectivity index (χ1n) is 17.0. The van der Waals surface area contributed by atoms with Gasteiger partial charge in [0.1, 0.15) is 26.1 Å². The van der Waals surface area contributed by atoms with Gasteiger partial charge in [-0.25, -0.2) is 10.5 Å². The summed E-state index contributed by atoms with van der Waals surface area (Å²) in [5.74, 6) is -1.62. The van der Waals surface area contributed by atoms with E-state index in [0.29, 0.717) is 12.0 Å². The molecule has 6 rings (SSSR count). The Bertz CT molecular complexity index is 3520. The van der Waals surface area contributed by atoms with E-state index in [0.717, 1.165) is 72.8 Å². The smallest absolute Gasteiger partial charge is 0.296 e. The van der Waals surface area contributed by atoms with Crippen molar-refractivity contribution >= 4 is 132 Å². The highest BCUT2D eigenvalue weighted by molar-refractivity contribution is 7.95. The van der Waals surface area contributed by atoms with Crippen molar-refractivity contribution in [2.24, 2.45) is 20.5 Å². The first-order valence-corrected chi connectivity index (χ1v) is 24.2. The van der Waals surface area contributed by atoms with Gasteiger partial charge in [0.25, 0.3) is 40.5 Å². The molecule has 26 nitrogen and oxygen atoms in total. The molecule has 0 amide bonds. The summed E-state index contributed by atoms with van der Waals surface area (Å²) in [6.07, 6.45) is 2.02. The zero-order valence-electron chi connectivity index (χ0n) is 32.0. The molecule has 0 saturated heterocycles. The lowest BCUT2D eigenvalue weighted by Crippen LogP contribution is -2.01. The van der Waals surface area contributed by atoms with Gasteiger partial charge >= 0.3 is 0 Å². The molecule has 0 unspecified atom stereocenters. The van der Waals surface area contributed by atoms with E-state index in [1.807, 2.05) is 0 Å². The van der Waals surface area contributed by atoms with E-state index >= 15 is 0 Å². The Labute approximate surface area is 378 Å². The molecule has 32 heteroatoms. The maximum atomic E-state index is 12.5. The SMILES string of the molecule is Nc1cc(S(=O)(=O)O)cc2cc(SOOO)c(N=Nc3ccc(C=Cc4ccc(N=Nc5c(S(=O)(=O)O)cc6cc(SOOO)cc(N)c6c5O)cc4S(=O)(=O)O)c(S(=O)(=O)O)c3)c(O)c12. The Balaban J connectivity index is 1.37. The van der Waals surface area contributed by atoms with Gasteiger partial charge in [-0.05, 0) is 82.6 Å². The van der Waals surface area contributed by atoms with Gasteiger partial charge in [0, 0.05) is 27.0 Å². The summed E-state index contributed by atoms with van der Waals surface area (Å²) in [5.41, 5.74) is 8.93. The van der Waals surface area contributed by atoms with Crippen molar-refractivity contribution in [2.75, 3.05) is 11.5 Å². The highest BCUT2D eigenvalue weighted by Crippen LogP contribution is 2.47. The number of azo groups is 2. The van der Waals surface area contributed by atoms with Gasteiger partial charge in [-0.2, -0.15) is 43.9 Å². The molecule has 0 heterocycles. The number of rotatable bonds is 16. The lowest BCUT2D eigenvalue weighted by Gasteiger charge is -2.12. The standard InChI is InChI=1S/C34H26N6O20S6/c35-23-13-21(61-59-57-43)7-17-10-28(66(54,55)56)32(34(42)29(17)23)40-38-20-6-4-16(27(12-20)65(51,52)53)2-1-15-3-5-19(11-26(15)64(48,49)50)37-39-31-25(62-60-58-44)9-18-8-22(63(45,46)47)14-24(36)30(18)33(31)41/h1-14,41-44H,35-36H2,(H,45,46,47)(H,48,49,50)(H,51,52,53)(H,54,55,56). The quantitative estimate of drug-likeness (QED) is 0.00857. The number of fused-ring (bicyclic) bond motifs is 2. The average Bonchev–Trinajstić information content (AvgIpc) is 3.22. The van der Waals surface area contributed by atoms with Gasteiger partial charge in [-0.15, -0.1) is 18.9 Å². The minimum Gasteiger partial charge on any atom is -0.505 e. The third-order valence-corrected chi connectivity index (χ3v) is 13.4. The fourth-order valence-corrected chi connectivity index (χ4v) is 9.60. The third kappa shape index (κ3) is 11.0. The maximum absolute atomic E-state index is 12.5. The predicted molar refractivity (Wildman–Crippen MR) is 231 cm³/mol. The minimum absolute atomic E-state index is 0.0612. The van der Waals surface area contributed by atoms with E-state index in [2.05, 4.69) is 39.2 Å². The first-order chi connectivity index (χ1) is 30.8. The van der Waals surface area contributed by atoms with Crippen LogP contribution in [0.5, 0.6) is 11.5 Å². The van der Waals surface area contributed by atoms with Gasteiger partial charge in [0.2, 0.25) is 0 Å². The van der Waals surface area contributed by atoms with Crippen molar-refractivity contribution in [2.45, 2.75) is 29.4 Å². The van der Waals surface area contributed by atoms with Gasteiger partial charge in [0.05, 0.1) is 45.3 Å². The largest absolute Gasteiger partial charge is 0.505 e. The number of nitrogen functional groups attached to an aromatic ring is 2. The fourth-order valence-electron chi connectivity index (χ4n) is 6.03. The number of phenols is 2. The average molecular weight is 1030 g/mol. The fraction of sp³-hybridized carbons (Fsp3) is 0. The molecule has 0 saturated carbocycles. The molecule has 0 aliphatic heterocycles. The normalized spacial score (nSPS) is 13.0. The first kappa shape index (κ1) is 49.5. The van der Waals surface area contributed by atoms with Gasteiger partial charge < -0.3 is 21.7 Å². The number of aromatic hydroxyl groups is 2. The van der Waals surface area contributed by atoms with E-state index in [1.165, 1.54) is 12.1 Å². The van der Waals surface area contributed by atoms with Crippen LogP contribution in [0.25, 0.3) is 33.7 Å². The van der Waals surface area contributed by atoms with Crippen molar-refractivity contribution in [3.63, 3.8) is 0 Å². The second-order valence-electron chi connectivity index (χ2n) is 12.9. The van der Waals surface area contributed by atoms with E-state index in [-0.39, 0.29) is 77.3 Å². The second kappa shape index (κ2) is 19.1. The molecule has 0 aliphatic rings. The summed E-state index contributed by atoms with van der Waals surface area (Å²) in [6.45, 7) is 0. The number of nitrogens with zero attached hydrogens (tertiary/aromatic N) is 4. The molecule has 0 fully saturated rings. The zero-order valence-corrected chi connectivity index (χ0v) is 36.9. The molecule has 348 valence electrons. The number of hydrogen-bond acceptors (Lipinski definition) is 24. The number of anilines is 2. The molecule has 0 atom stereocenters. The molecule has 0 aromatic heterocycles. The van der Waals surface area contributed by atoms with Crippen LogP contribution in [0.3, 0.4) is 0 Å². The molecule has 66 heavy (non-hydrogen) atoms. The lowest BCUT2D eigenvalue weighted by molar-refractivity contribution is -0.432. The predicted octanol–water partition coefficient (Wildman–Crippen LogP) is 7.41. The lowest BCUT2D eigenvalue weighted by atomic mass is 10.1. The third-order valence-electron chi connectivity index (χ3n) is 8.72. The van der Waals surface area contributed by atoms with Crippen LogP contribution in [0.1, 0.15) is 11.1 Å². The molecule has 12 N–H and O–H groups in total. The Morgan fingerprint density at radius 1 is 0.515 bits per heavy atom. The van der Waals surface area contributed by atoms with Gasteiger partial charge in [-0.1, -0.05) is 34.4 Å². The molecule has 0 bridgehead atoms. The summed E-state index contributed by atoms with van der Waals surface area (Å²) in [5, 5.41) is 61.2. The molecule has 0 aliphatic carbocycles. The van der Waals surface area contributed by atoms with Crippen LogP contribution in [0.4, 0.5) is 34.1 Å². The summed E-state index contributed by atoms with van der Waals surface area (Å²) in [4.78, 5) is -3.34. The van der Waals surface area contributed by atoms with Gasteiger partial charge in [0.15, 0.2) is 11.5 Å². The summed E-state index contributed by atoms with van der Waals surface area (Å²) >= 11 is 0.689. The minimum atomic E-state index is -5.15. The summed E-state index contributed by atoms with van der Waals surface area (Å²) in [6, 6.07) is 12.3. The molecule has 6 aromatic carbocycles. The summed E-state index contributed by atoms with van der Waals surface area (Å²) < 4.78 is 147. The van der Waals surface area contributed by atoms with Crippen molar-refractivity contribution < 1.29 is 91.4 Å². The van der Waals surface area contributed by atoms with Crippen LogP contribution in [-0.4, -0.2) is 72.6 Å². The number of benzene rings is 6. The van der Waals surface area contributed by atoms with E-state index in [4.69, 9.17) is 22.0 Å². The molecule has 6 aromatic rings. The summed E-state index contributed by atoms with van der Waals surface area (Å²) in [7, 11) is -20.1. The maximum Gasteiger partial charge on any atom is 0.296 e. The van der Waals surface area contributed by atoms with Crippen LogP contribution < -0.4 is 11.5 Å². The highest BCUT2D eigenvalue weighted by atomic mass is 32.2. The van der Waals surface area contributed by atoms with E-state index in [1.54, 1.807) is 0 Å². The molecular weight excluding hydrogens is 1000 g/mol. The van der Waals surface area contributed by atoms with Crippen LogP contribution >= 0.6 is 24.1 Å². The monoisotopic (exact) mass is 1030 g/mol. The number of hydrogen-bond donors (Lipinski definition) is 10. The second-order valence-corrected chi connectivity index (χ2v) is 20.0.